The van der Waals surface area contributed by atoms with Gasteiger partial charge in [-0.2, -0.15) is 8.67 Å². The molecule has 0 bridgehead atoms. The maximum atomic E-state index is 14.8. The largest absolute Gasteiger partial charge is 1.00 e. The van der Waals surface area contributed by atoms with Crippen molar-refractivity contribution in [2.45, 2.75) is 32.8 Å². The molecule has 0 saturated heterocycles. The average Bonchev–Trinajstić information content (AvgIpc) is 2.76. The second-order valence-electron chi connectivity index (χ2n) is 6.82. The van der Waals surface area contributed by atoms with Gasteiger partial charge in [0.1, 0.15) is 11.6 Å². The van der Waals surface area contributed by atoms with Crippen LogP contribution in [-0.4, -0.2) is 34.4 Å². The SMILES string of the molecule is O=S(=O)([O-])Cc1cc(S(=O)(=O)c2cc(CSOO[O-])c(F)c(CSOO[O-])c2)cc(CS(=O)(=O)[O-])c1F.[Na+].[Na+].[Na+].[Na+]. The van der Waals surface area contributed by atoms with Crippen LogP contribution < -0.4 is 129 Å². The van der Waals surface area contributed by atoms with Gasteiger partial charge < -0.3 is 19.6 Å². The van der Waals surface area contributed by atoms with Crippen LogP contribution in [0.25, 0.3) is 0 Å². The molecule has 41 heavy (non-hydrogen) atoms. The molecule has 0 heterocycles. The summed E-state index contributed by atoms with van der Waals surface area (Å²) in [5, 5.41) is 26.2. The van der Waals surface area contributed by atoms with Crippen molar-refractivity contribution < 1.29 is 191 Å². The van der Waals surface area contributed by atoms with E-state index in [1.165, 1.54) is 0 Å². The number of benzene rings is 2. The normalized spacial score (nSPS) is 11.5. The molecular formula is C16H12F2Na4O14S5. The van der Waals surface area contributed by atoms with Gasteiger partial charge in [0.15, 0.2) is 0 Å². The fourth-order valence-corrected chi connectivity index (χ4v) is 6.39. The van der Waals surface area contributed by atoms with Crippen molar-refractivity contribution in [3.05, 3.63) is 58.2 Å². The average molecular weight is 719 g/mol. The molecule has 0 unspecified atom stereocenters. The molecule has 208 valence electrons. The fourth-order valence-electron chi connectivity index (χ4n) is 2.90. The van der Waals surface area contributed by atoms with Gasteiger partial charge >= 0.3 is 118 Å². The van der Waals surface area contributed by atoms with E-state index in [2.05, 4.69) is 18.7 Å². The predicted octanol–water partition coefficient (Wildman–Crippen LogP) is -12.4. The summed E-state index contributed by atoms with van der Waals surface area (Å²) in [6.45, 7) is 0. The smallest absolute Gasteiger partial charge is 0.748 e. The molecule has 25 heteroatoms. The number of sulfone groups is 1. The maximum absolute atomic E-state index is 14.8. The third-order valence-electron chi connectivity index (χ3n) is 4.26. The summed E-state index contributed by atoms with van der Waals surface area (Å²) in [7, 11) is -15.3. The quantitative estimate of drug-likeness (QED) is 0.0336. The third kappa shape index (κ3) is 15.8. The van der Waals surface area contributed by atoms with Crippen LogP contribution in [0.3, 0.4) is 0 Å². The van der Waals surface area contributed by atoms with Crippen molar-refractivity contribution in [1.82, 2.24) is 0 Å². The van der Waals surface area contributed by atoms with Gasteiger partial charge in [0.2, 0.25) is 9.84 Å². The van der Waals surface area contributed by atoms with Gasteiger partial charge in [0.05, 0.1) is 53.0 Å². The molecule has 0 N–H and O–H groups in total. The first-order chi connectivity index (χ1) is 17.1. The summed E-state index contributed by atoms with van der Waals surface area (Å²) in [4.78, 5) is -1.65. The number of hydrogen-bond acceptors (Lipinski definition) is 16. The van der Waals surface area contributed by atoms with Crippen molar-refractivity contribution in [3.63, 3.8) is 0 Å². The monoisotopic (exact) mass is 718 g/mol. The Morgan fingerprint density at radius 1 is 0.610 bits per heavy atom. The Labute approximate surface area is 330 Å². The second-order valence-corrected chi connectivity index (χ2v) is 12.9. The Morgan fingerprint density at radius 3 is 1.20 bits per heavy atom. The Bertz CT molecular complexity index is 1380. The molecule has 0 aliphatic carbocycles. The molecule has 0 amide bonds. The van der Waals surface area contributed by atoms with Crippen molar-refractivity contribution in [3.8, 4) is 0 Å². The first-order valence-electron chi connectivity index (χ1n) is 9.00. The molecule has 0 saturated carbocycles. The Hall–Kier alpha value is 2.53. The molecule has 0 aliphatic rings. The molecule has 0 aliphatic heterocycles. The van der Waals surface area contributed by atoms with Crippen molar-refractivity contribution in [2.75, 3.05) is 0 Å². The summed E-state index contributed by atoms with van der Waals surface area (Å²) in [6, 6.07) is 2.39. The summed E-state index contributed by atoms with van der Waals surface area (Å²) in [5.41, 5.74) is -2.86. The summed E-state index contributed by atoms with van der Waals surface area (Å²) in [6.07, 6.45) is 0. The number of rotatable bonds is 14. The third-order valence-corrected chi connectivity index (χ3v) is 8.46. The zero-order chi connectivity index (χ0) is 28.0. The van der Waals surface area contributed by atoms with Crippen LogP contribution in [0.1, 0.15) is 22.3 Å². The fraction of sp³-hybridized carbons (Fsp3) is 0.250. The Morgan fingerprint density at radius 2 is 0.902 bits per heavy atom. The van der Waals surface area contributed by atoms with E-state index in [1.54, 1.807) is 0 Å². The van der Waals surface area contributed by atoms with Crippen LogP contribution in [0, 0.1) is 11.6 Å². The van der Waals surface area contributed by atoms with Gasteiger partial charge in [-0.1, -0.05) is 0 Å². The molecule has 2 rings (SSSR count). The van der Waals surface area contributed by atoms with Crippen LogP contribution in [0.15, 0.2) is 34.1 Å². The summed E-state index contributed by atoms with van der Waals surface area (Å²) >= 11 is 0.515. The van der Waals surface area contributed by atoms with Gasteiger partial charge in [-0.05, 0) is 24.3 Å². The van der Waals surface area contributed by atoms with E-state index in [9.17, 15) is 53.7 Å². The number of hydrogen-bond donors (Lipinski definition) is 0. The Balaban J connectivity index is -0.00000361. The standard InChI is InChI=1S/C16H16F2O14S5.4Na/c17-15-9(5-33-31-29-19)1-13(2-10(15)6-34-32-30-20)37(27,28)14-3-11(7-35(21,22)23)16(18)12(4-14)8-36(24,25)26;;;;/h1-4,19-20H,5-8H2,(H,21,22,23)(H,24,25,26);;;;/q;4*+1/p-4. The predicted molar refractivity (Wildman–Crippen MR) is 112 cm³/mol. The molecule has 0 atom stereocenters. The van der Waals surface area contributed by atoms with Gasteiger partial charge in [-0.25, -0.2) is 34.0 Å². The summed E-state index contributed by atoms with van der Waals surface area (Å²) < 4.78 is 131. The van der Waals surface area contributed by atoms with E-state index in [0.717, 1.165) is 12.1 Å². The second kappa shape index (κ2) is 21.4. The molecular weight excluding hydrogens is 706 g/mol. The maximum Gasteiger partial charge on any atom is 1.00 e. The van der Waals surface area contributed by atoms with E-state index in [-0.39, 0.29) is 142 Å². The van der Waals surface area contributed by atoms with E-state index < -0.39 is 96.8 Å². The minimum Gasteiger partial charge on any atom is -0.748 e. The van der Waals surface area contributed by atoms with Gasteiger partial charge in [-0.15, -0.1) is 0 Å². The van der Waals surface area contributed by atoms with E-state index >= 15 is 0 Å². The van der Waals surface area contributed by atoms with Gasteiger partial charge in [0.25, 0.3) is 0 Å². The van der Waals surface area contributed by atoms with Crippen LogP contribution in [0.5, 0.6) is 0 Å². The van der Waals surface area contributed by atoms with Crippen molar-refractivity contribution in [1.29, 1.82) is 0 Å². The van der Waals surface area contributed by atoms with Crippen LogP contribution >= 0.6 is 24.1 Å². The molecule has 0 radical (unpaired) electrons. The zero-order valence-corrected chi connectivity index (χ0v) is 33.7. The molecule has 0 fully saturated rings. The molecule has 0 aromatic heterocycles. The topological polar surface area (TPSA) is 232 Å². The number of halogens is 2. The van der Waals surface area contributed by atoms with E-state index in [1.807, 2.05) is 0 Å². The first kappa shape index (κ1) is 47.9. The summed E-state index contributed by atoms with van der Waals surface area (Å²) in [5.74, 6) is -6.80. The molecule has 2 aromatic rings. The molecule has 0 spiro atoms. The van der Waals surface area contributed by atoms with Crippen molar-refractivity contribution >= 4 is 54.2 Å². The minimum absolute atomic E-state index is 0. The van der Waals surface area contributed by atoms with Crippen molar-refractivity contribution in [2.24, 2.45) is 0 Å². The molecule has 14 nitrogen and oxygen atoms in total. The van der Waals surface area contributed by atoms with Crippen LogP contribution in [-0.2, 0) is 71.8 Å². The van der Waals surface area contributed by atoms with E-state index in [4.69, 9.17) is 0 Å². The zero-order valence-electron chi connectivity index (χ0n) is 21.7. The van der Waals surface area contributed by atoms with Gasteiger partial charge in [0, 0.05) is 46.3 Å². The van der Waals surface area contributed by atoms with Crippen LogP contribution in [0.4, 0.5) is 8.78 Å². The minimum atomic E-state index is -5.20. The Kier molecular flexibility index (Phi) is 25.0. The van der Waals surface area contributed by atoms with E-state index in [0.29, 0.717) is 12.1 Å². The van der Waals surface area contributed by atoms with Crippen LogP contribution in [0.2, 0.25) is 0 Å². The van der Waals surface area contributed by atoms with Gasteiger partial charge in [-0.3, -0.25) is 10.1 Å². The molecule has 2 aromatic carbocycles. The first-order valence-corrected chi connectivity index (χ1v) is 15.5.